The minimum absolute atomic E-state index is 0.0367. The zero-order chi connectivity index (χ0) is 17.1. The van der Waals surface area contributed by atoms with Crippen molar-refractivity contribution in [3.8, 4) is 0 Å². The molecule has 2 aliphatic heterocycles. The molecule has 1 unspecified atom stereocenters. The summed E-state index contributed by atoms with van der Waals surface area (Å²) < 4.78 is 5.69. The third-order valence-electron chi connectivity index (χ3n) is 5.00. The molecule has 4 heteroatoms. The highest BCUT2D eigenvalue weighted by atomic mass is 16.6. The minimum atomic E-state index is -0.678. The molecule has 4 nitrogen and oxygen atoms in total. The molecule has 1 atom stereocenters. The first-order valence-electron chi connectivity index (χ1n) is 8.09. The Bertz CT molecular complexity index is 884. The first-order valence-corrected chi connectivity index (χ1v) is 8.09. The lowest BCUT2D eigenvalue weighted by atomic mass is 9.85. The van der Waals surface area contributed by atoms with Crippen molar-refractivity contribution >= 4 is 11.9 Å². The maximum absolute atomic E-state index is 12.1. The zero-order valence-electron chi connectivity index (χ0n) is 14.0. The molecule has 0 fully saturated rings. The Kier molecular flexibility index (Phi) is 2.92. The predicted molar refractivity (Wildman–Crippen MR) is 89.8 cm³/mol. The van der Waals surface area contributed by atoms with Gasteiger partial charge in [0.05, 0.1) is 11.1 Å². The normalized spacial score (nSPS) is 23.5. The number of ether oxygens (including phenoxy) is 1. The largest absolute Gasteiger partial charge is 0.450 e. The Morgan fingerprint density at radius 2 is 1.71 bits per heavy atom. The molecule has 2 aliphatic rings. The van der Waals surface area contributed by atoms with Crippen molar-refractivity contribution in [2.45, 2.75) is 38.3 Å². The molecular formula is C20H19NO3. The third kappa shape index (κ3) is 2.06. The summed E-state index contributed by atoms with van der Waals surface area (Å²) in [5.41, 5.74) is 3.26. The van der Waals surface area contributed by atoms with Gasteiger partial charge in [0.1, 0.15) is 5.60 Å². The van der Waals surface area contributed by atoms with E-state index in [4.69, 9.17) is 4.74 Å². The summed E-state index contributed by atoms with van der Waals surface area (Å²) in [5.74, 6) is -0.308. The Hall–Kier alpha value is -2.62. The fraction of sp³-hybridized carbons (Fsp3) is 0.300. The molecule has 0 spiro atoms. The summed E-state index contributed by atoms with van der Waals surface area (Å²) in [4.78, 5) is 24.2. The van der Waals surface area contributed by atoms with Crippen molar-refractivity contribution < 1.29 is 14.3 Å². The number of nitrogens with one attached hydrogen (secondary N) is 1. The van der Waals surface area contributed by atoms with Crippen LogP contribution in [0.2, 0.25) is 0 Å². The number of amides is 1. The number of carbonyl (C=O) groups excluding carboxylic acids is 2. The highest BCUT2D eigenvalue weighted by Crippen LogP contribution is 2.40. The van der Waals surface area contributed by atoms with Gasteiger partial charge in [0, 0.05) is 17.5 Å². The third-order valence-corrected chi connectivity index (χ3v) is 5.00. The lowest BCUT2D eigenvalue weighted by molar-refractivity contribution is 0.00116. The van der Waals surface area contributed by atoms with Crippen LogP contribution in [0.5, 0.6) is 0 Å². The zero-order valence-corrected chi connectivity index (χ0v) is 14.0. The molecule has 24 heavy (non-hydrogen) atoms. The number of fused-ring (bicyclic) bond motifs is 2. The highest BCUT2D eigenvalue weighted by molar-refractivity contribution is 6.00. The van der Waals surface area contributed by atoms with Gasteiger partial charge in [0.2, 0.25) is 0 Å². The number of rotatable bonds is 2. The van der Waals surface area contributed by atoms with Crippen LogP contribution in [0.15, 0.2) is 42.5 Å². The average molecular weight is 321 g/mol. The molecule has 0 saturated heterocycles. The number of esters is 1. The van der Waals surface area contributed by atoms with Crippen molar-refractivity contribution in [3.05, 3.63) is 70.3 Å². The van der Waals surface area contributed by atoms with Gasteiger partial charge in [-0.15, -0.1) is 0 Å². The highest BCUT2D eigenvalue weighted by Gasteiger charge is 2.42. The average Bonchev–Trinajstić information content (AvgIpc) is 2.91. The van der Waals surface area contributed by atoms with Gasteiger partial charge in [0.15, 0.2) is 0 Å². The predicted octanol–water partition coefficient (Wildman–Crippen LogP) is 3.29. The smallest absolute Gasteiger partial charge is 0.339 e. The number of hydrogen-bond acceptors (Lipinski definition) is 3. The molecule has 0 aromatic heterocycles. The minimum Gasteiger partial charge on any atom is -0.450 e. The second-order valence-electron chi connectivity index (χ2n) is 7.30. The summed E-state index contributed by atoms with van der Waals surface area (Å²) in [7, 11) is 0. The molecule has 0 saturated carbocycles. The van der Waals surface area contributed by atoms with Gasteiger partial charge < -0.3 is 10.1 Å². The molecule has 0 radical (unpaired) electrons. The fourth-order valence-corrected chi connectivity index (χ4v) is 3.79. The van der Waals surface area contributed by atoms with E-state index in [1.807, 2.05) is 57.2 Å². The molecule has 1 amide bonds. The van der Waals surface area contributed by atoms with Crippen molar-refractivity contribution in [2.24, 2.45) is 0 Å². The van der Waals surface area contributed by atoms with E-state index in [0.717, 1.165) is 22.3 Å². The van der Waals surface area contributed by atoms with Crippen molar-refractivity contribution in [1.82, 2.24) is 5.32 Å². The summed E-state index contributed by atoms with van der Waals surface area (Å²) >= 11 is 0. The van der Waals surface area contributed by atoms with Gasteiger partial charge >= 0.3 is 5.97 Å². The van der Waals surface area contributed by atoms with E-state index < -0.39 is 5.60 Å². The summed E-state index contributed by atoms with van der Waals surface area (Å²) in [5, 5.41) is 2.99. The van der Waals surface area contributed by atoms with E-state index in [9.17, 15) is 9.59 Å². The van der Waals surface area contributed by atoms with Crippen LogP contribution < -0.4 is 5.32 Å². The maximum atomic E-state index is 12.1. The Morgan fingerprint density at radius 1 is 0.958 bits per heavy atom. The Labute approximate surface area is 140 Å². The van der Waals surface area contributed by atoms with E-state index >= 15 is 0 Å². The van der Waals surface area contributed by atoms with Crippen molar-refractivity contribution in [2.75, 3.05) is 0 Å². The van der Waals surface area contributed by atoms with E-state index in [1.54, 1.807) is 6.07 Å². The van der Waals surface area contributed by atoms with E-state index in [-0.39, 0.29) is 17.4 Å². The van der Waals surface area contributed by atoms with Crippen LogP contribution in [0.3, 0.4) is 0 Å². The van der Waals surface area contributed by atoms with Crippen molar-refractivity contribution in [1.29, 1.82) is 0 Å². The molecule has 2 heterocycles. The number of hydrogen-bond donors (Lipinski definition) is 1. The van der Waals surface area contributed by atoms with Crippen LogP contribution in [0.25, 0.3) is 0 Å². The van der Waals surface area contributed by atoms with Crippen LogP contribution in [0.4, 0.5) is 0 Å². The lowest BCUT2D eigenvalue weighted by Crippen LogP contribution is -2.32. The first kappa shape index (κ1) is 14.9. The van der Waals surface area contributed by atoms with Crippen LogP contribution in [0.1, 0.15) is 58.2 Å². The first-order chi connectivity index (χ1) is 11.3. The van der Waals surface area contributed by atoms with Crippen molar-refractivity contribution in [3.63, 3.8) is 0 Å². The fourth-order valence-electron chi connectivity index (χ4n) is 3.79. The molecular weight excluding hydrogens is 302 g/mol. The van der Waals surface area contributed by atoms with Crippen LogP contribution in [-0.4, -0.2) is 11.9 Å². The molecule has 2 aromatic carbocycles. The van der Waals surface area contributed by atoms with Crippen LogP contribution in [-0.2, 0) is 22.3 Å². The second-order valence-corrected chi connectivity index (χ2v) is 7.30. The molecule has 122 valence electrons. The number of cyclic esters (lactones) is 1. The number of carbonyl (C=O) groups is 2. The van der Waals surface area contributed by atoms with Gasteiger partial charge in [-0.05, 0) is 44.0 Å². The Morgan fingerprint density at radius 3 is 2.50 bits per heavy atom. The van der Waals surface area contributed by atoms with Gasteiger partial charge in [-0.1, -0.05) is 30.3 Å². The van der Waals surface area contributed by atoms with Crippen LogP contribution in [0, 0.1) is 0 Å². The van der Waals surface area contributed by atoms with Crippen LogP contribution >= 0.6 is 0 Å². The van der Waals surface area contributed by atoms with E-state index in [2.05, 4.69) is 5.32 Å². The van der Waals surface area contributed by atoms with Gasteiger partial charge in [-0.3, -0.25) is 4.79 Å². The lowest BCUT2D eigenvalue weighted by Gasteiger charge is -2.25. The maximum Gasteiger partial charge on any atom is 0.339 e. The molecule has 2 aromatic rings. The Balaban J connectivity index is 1.73. The second kappa shape index (κ2) is 4.69. The van der Waals surface area contributed by atoms with Gasteiger partial charge in [0.25, 0.3) is 5.91 Å². The molecule has 0 aliphatic carbocycles. The summed E-state index contributed by atoms with van der Waals surface area (Å²) in [6.45, 7) is 5.93. The SMILES string of the molecule is CC1(C)NC(=O)c2ccc(CC3(C)OC(=O)c4ccccc43)cc21. The number of benzene rings is 2. The van der Waals surface area contributed by atoms with Gasteiger partial charge in [-0.2, -0.15) is 0 Å². The monoisotopic (exact) mass is 321 g/mol. The summed E-state index contributed by atoms with van der Waals surface area (Å²) in [6.07, 6.45) is 0.577. The summed E-state index contributed by atoms with van der Waals surface area (Å²) in [6, 6.07) is 13.4. The van der Waals surface area contributed by atoms with Gasteiger partial charge in [-0.25, -0.2) is 4.79 Å². The quantitative estimate of drug-likeness (QED) is 0.864. The standard InChI is InChI=1S/C20H19NO3/c1-19(2)16-10-12(8-9-13(16)17(22)21-19)11-20(3)15-7-5-4-6-14(15)18(23)24-20/h4-10H,11H2,1-3H3,(H,21,22). The van der Waals surface area contributed by atoms with E-state index in [1.165, 1.54) is 0 Å². The molecule has 0 bridgehead atoms. The molecule has 4 rings (SSSR count). The topological polar surface area (TPSA) is 55.4 Å². The van der Waals surface area contributed by atoms with E-state index in [0.29, 0.717) is 12.0 Å². The molecule has 1 N–H and O–H groups in total.